The highest BCUT2D eigenvalue weighted by atomic mass is 35.5. The standard InChI is InChI=1S/C26H30ClN3O2/c1-4-5-24-18(2)28-30(19(24)3)23-12-6-20(7-13-23)25(31)29-16-14-26(32,15-17-29)21-8-10-22(27)11-9-21/h6-13,32H,4-5,14-17H2,1-3H3. The zero-order chi connectivity index (χ0) is 22.9. The fourth-order valence-electron chi connectivity index (χ4n) is 4.59. The number of piperidine rings is 1. The average Bonchev–Trinajstić information content (AvgIpc) is 3.08. The molecule has 0 aliphatic carbocycles. The molecule has 0 saturated carbocycles. The van der Waals surface area contributed by atoms with Gasteiger partial charge in [-0.05, 0) is 80.6 Å². The number of hydrogen-bond acceptors (Lipinski definition) is 3. The first-order chi connectivity index (χ1) is 15.3. The quantitative estimate of drug-likeness (QED) is 0.578. The fourth-order valence-corrected chi connectivity index (χ4v) is 4.72. The van der Waals surface area contributed by atoms with Crippen LogP contribution in [0.2, 0.25) is 5.02 Å². The Morgan fingerprint density at radius 1 is 1.06 bits per heavy atom. The van der Waals surface area contributed by atoms with Crippen LogP contribution in [-0.2, 0) is 12.0 Å². The van der Waals surface area contributed by atoms with Crippen LogP contribution in [0.5, 0.6) is 0 Å². The molecule has 32 heavy (non-hydrogen) atoms. The average molecular weight is 452 g/mol. The van der Waals surface area contributed by atoms with Gasteiger partial charge in [-0.2, -0.15) is 5.10 Å². The van der Waals surface area contributed by atoms with Crippen molar-refractivity contribution in [2.24, 2.45) is 0 Å². The SMILES string of the molecule is CCCc1c(C)nn(-c2ccc(C(=O)N3CCC(O)(c4ccc(Cl)cc4)CC3)cc2)c1C. The van der Waals surface area contributed by atoms with Crippen LogP contribution in [0.4, 0.5) is 0 Å². The van der Waals surface area contributed by atoms with Gasteiger partial charge in [0.05, 0.1) is 17.0 Å². The Balaban J connectivity index is 1.45. The van der Waals surface area contributed by atoms with Crippen molar-refractivity contribution in [3.8, 4) is 5.69 Å². The number of amides is 1. The Labute approximate surface area is 194 Å². The first-order valence-electron chi connectivity index (χ1n) is 11.3. The summed E-state index contributed by atoms with van der Waals surface area (Å²) in [6, 6.07) is 15.0. The predicted molar refractivity (Wildman–Crippen MR) is 128 cm³/mol. The van der Waals surface area contributed by atoms with E-state index >= 15 is 0 Å². The first kappa shape index (κ1) is 22.6. The highest BCUT2D eigenvalue weighted by Gasteiger charge is 2.35. The molecule has 3 aromatic rings. The second-order valence-electron chi connectivity index (χ2n) is 8.69. The molecule has 0 atom stereocenters. The maximum absolute atomic E-state index is 13.1. The van der Waals surface area contributed by atoms with E-state index in [1.54, 1.807) is 12.1 Å². The smallest absolute Gasteiger partial charge is 0.253 e. The normalized spacial score (nSPS) is 15.7. The molecule has 1 aliphatic heterocycles. The van der Waals surface area contributed by atoms with E-state index in [1.165, 1.54) is 5.56 Å². The number of nitrogens with zero attached hydrogens (tertiary/aromatic N) is 3. The van der Waals surface area contributed by atoms with E-state index in [9.17, 15) is 9.90 Å². The van der Waals surface area contributed by atoms with Crippen LogP contribution in [0.25, 0.3) is 5.69 Å². The van der Waals surface area contributed by atoms with Crippen molar-refractivity contribution in [3.63, 3.8) is 0 Å². The number of hydrogen-bond donors (Lipinski definition) is 1. The molecule has 0 radical (unpaired) electrons. The molecular weight excluding hydrogens is 422 g/mol. The summed E-state index contributed by atoms with van der Waals surface area (Å²) in [7, 11) is 0. The molecule has 0 unspecified atom stereocenters. The van der Waals surface area contributed by atoms with Crippen molar-refractivity contribution in [2.75, 3.05) is 13.1 Å². The largest absolute Gasteiger partial charge is 0.385 e. The van der Waals surface area contributed by atoms with Crippen molar-refractivity contribution in [1.82, 2.24) is 14.7 Å². The van der Waals surface area contributed by atoms with Crippen LogP contribution in [0, 0.1) is 13.8 Å². The van der Waals surface area contributed by atoms with Crippen LogP contribution in [-0.4, -0.2) is 38.8 Å². The molecule has 1 amide bonds. The van der Waals surface area contributed by atoms with E-state index < -0.39 is 5.60 Å². The van der Waals surface area contributed by atoms with Gasteiger partial charge in [0.1, 0.15) is 0 Å². The third-order valence-corrected chi connectivity index (χ3v) is 6.81. The number of aryl methyl sites for hydroxylation is 1. The molecule has 1 aromatic heterocycles. The number of carbonyl (C=O) groups excluding carboxylic acids is 1. The number of benzene rings is 2. The van der Waals surface area contributed by atoms with Gasteiger partial charge in [-0.25, -0.2) is 4.68 Å². The number of aliphatic hydroxyl groups is 1. The van der Waals surface area contributed by atoms with Crippen molar-refractivity contribution in [1.29, 1.82) is 0 Å². The maximum atomic E-state index is 13.1. The minimum Gasteiger partial charge on any atom is -0.385 e. The van der Waals surface area contributed by atoms with E-state index in [2.05, 4.69) is 13.8 Å². The lowest BCUT2D eigenvalue weighted by Crippen LogP contribution is -2.45. The van der Waals surface area contributed by atoms with E-state index in [0.29, 0.717) is 36.5 Å². The summed E-state index contributed by atoms with van der Waals surface area (Å²) < 4.78 is 1.96. The topological polar surface area (TPSA) is 58.4 Å². The second-order valence-corrected chi connectivity index (χ2v) is 9.13. The lowest BCUT2D eigenvalue weighted by atomic mass is 9.84. The Kier molecular flexibility index (Phi) is 6.40. The summed E-state index contributed by atoms with van der Waals surface area (Å²) in [5.74, 6) is -0.00486. The molecule has 4 rings (SSSR count). The van der Waals surface area contributed by atoms with E-state index in [1.807, 2.05) is 52.9 Å². The third-order valence-electron chi connectivity index (χ3n) is 6.56. The Morgan fingerprint density at radius 3 is 2.28 bits per heavy atom. The van der Waals surface area contributed by atoms with Gasteiger partial charge in [-0.1, -0.05) is 37.1 Å². The van der Waals surface area contributed by atoms with Gasteiger partial charge < -0.3 is 10.0 Å². The Bertz CT molecular complexity index is 1100. The van der Waals surface area contributed by atoms with Gasteiger partial charge in [0.15, 0.2) is 0 Å². The van der Waals surface area contributed by atoms with Crippen LogP contribution in [0.1, 0.15) is 59.1 Å². The van der Waals surface area contributed by atoms with Gasteiger partial charge in [0.2, 0.25) is 0 Å². The van der Waals surface area contributed by atoms with Gasteiger partial charge in [-0.3, -0.25) is 4.79 Å². The molecule has 2 aromatic carbocycles. The molecule has 6 heteroatoms. The number of aromatic nitrogens is 2. The van der Waals surface area contributed by atoms with Crippen molar-refractivity contribution >= 4 is 17.5 Å². The van der Waals surface area contributed by atoms with Crippen LogP contribution < -0.4 is 0 Å². The monoisotopic (exact) mass is 451 g/mol. The molecule has 5 nitrogen and oxygen atoms in total. The lowest BCUT2D eigenvalue weighted by molar-refractivity contribution is -0.0211. The number of likely N-dealkylation sites (tertiary alicyclic amines) is 1. The molecule has 168 valence electrons. The van der Waals surface area contributed by atoms with Crippen LogP contribution in [0.15, 0.2) is 48.5 Å². The molecule has 0 spiro atoms. The summed E-state index contributed by atoms with van der Waals surface area (Å²) in [5, 5.41) is 16.4. The van der Waals surface area contributed by atoms with Gasteiger partial charge in [-0.15, -0.1) is 0 Å². The van der Waals surface area contributed by atoms with Crippen molar-refractivity contribution < 1.29 is 9.90 Å². The molecule has 1 saturated heterocycles. The third kappa shape index (κ3) is 4.32. The van der Waals surface area contributed by atoms with E-state index in [-0.39, 0.29) is 5.91 Å². The van der Waals surface area contributed by atoms with Crippen molar-refractivity contribution in [2.45, 2.75) is 52.1 Å². The molecular formula is C26H30ClN3O2. The molecule has 1 N–H and O–H groups in total. The van der Waals surface area contributed by atoms with Crippen molar-refractivity contribution in [3.05, 3.63) is 81.6 Å². The summed E-state index contributed by atoms with van der Waals surface area (Å²) in [5.41, 5.74) is 5.06. The fraction of sp³-hybridized carbons (Fsp3) is 0.385. The first-order valence-corrected chi connectivity index (χ1v) is 11.6. The maximum Gasteiger partial charge on any atom is 0.253 e. The molecule has 0 bridgehead atoms. The number of halogens is 1. The summed E-state index contributed by atoms with van der Waals surface area (Å²) in [6.45, 7) is 7.34. The van der Waals surface area contributed by atoms with Gasteiger partial charge in [0, 0.05) is 29.4 Å². The Hall–Kier alpha value is -2.63. The number of rotatable bonds is 5. The lowest BCUT2D eigenvalue weighted by Gasteiger charge is -2.38. The Morgan fingerprint density at radius 2 is 1.69 bits per heavy atom. The van der Waals surface area contributed by atoms with Crippen LogP contribution >= 0.6 is 11.6 Å². The summed E-state index contributed by atoms with van der Waals surface area (Å²) in [6.07, 6.45) is 3.12. The minimum absolute atomic E-state index is 0.00486. The minimum atomic E-state index is -0.920. The zero-order valence-electron chi connectivity index (χ0n) is 18.9. The van der Waals surface area contributed by atoms with Gasteiger partial charge >= 0.3 is 0 Å². The summed E-state index contributed by atoms with van der Waals surface area (Å²) in [4.78, 5) is 14.9. The van der Waals surface area contributed by atoms with E-state index in [0.717, 1.165) is 35.5 Å². The molecule has 1 aliphatic rings. The highest BCUT2D eigenvalue weighted by molar-refractivity contribution is 6.30. The van der Waals surface area contributed by atoms with E-state index in [4.69, 9.17) is 16.7 Å². The predicted octanol–water partition coefficient (Wildman–Crippen LogP) is 5.22. The summed E-state index contributed by atoms with van der Waals surface area (Å²) >= 11 is 5.97. The second kappa shape index (κ2) is 9.08. The molecule has 2 heterocycles. The molecule has 1 fully saturated rings. The zero-order valence-corrected chi connectivity index (χ0v) is 19.7. The number of carbonyl (C=O) groups is 1. The highest BCUT2D eigenvalue weighted by Crippen LogP contribution is 2.34. The van der Waals surface area contributed by atoms with Crippen LogP contribution in [0.3, 0.4) is 0 Å². The van der Waals surface area contributed by atoms with Gasteiger partial charge in [0.25, 0.3) is 5.91 Å².